The van der Waals surface area contributed by atoms with Crippen LogP contribution in [0.3, 0.4) is 0 Å². The molecule has 0 aliphatic carbocycles. The normalized spacial score (nSPS) is 26.3. The maximum absolute atomic E-state index is 12.7. The molecule has 0 saturated carbocycles. The van der Waals surface area contributed by atoms with Gasteiger partial charge in [0, 0.05) is 17.7 Å². The van der Waals surface area contributed by atoms with E-state index in [-0.39, 0.29) is 22.5 Å². The van der Waals surface area contributed by atoms with E-state index in [1.54, 1.807) is 0 Å². The summed E-state index contributed by atoms with van der Waals surface area (Å²) in [6.07, 6.45) is -7.95. The van der Waals surface area contributed by atoms with E-state index in [4.69, 9.17) is 9.15 Å². The maximum atomic E-state index is 12.7. The fourth-order valence-electron chi connectivity index (χ4n) is 3.69. The maximum Gasteiger partial charge on any atom is 0.197 e. The van der Waals surface area contributed by atoms with Crippen LogP contribution in [-0.4, -0.2) is 66.8 Å². The molecule has 2 heterocycles. The molecular formula is C21H20O10. The van der Waals surface area contributed by atoms with Gasteiger partial charge in [0.25, 0.3) is 0 Å². The lowest BCUT2D eigenvalue weighted by Crippen LogP contribution is -2.55. The predicted molar refractivity (Wildman–Crippen MR) is 106 cm³/mol. The quantitative estimate of drug-likeness (QED) is 0.300. The minimum Gasteiger partial charge on any atom is -0.508 e. The van der Waals surface area contributed by atoms with Crippen LogP contribution in [0.15, 0.2) is 45.6 Å². The second-order valence-electron chi connectivity index (χ2n) is 7.30. The van der Waals surface area contributed by atoms with Crippen molar-refractivity contribution < 1.29 is 44.9 Å². The van der Waals surface area contributed by atoms with Gasteiger partial charge in [-0.15, -0.1) is 0 Å². The monoisotopic (exact) mass is 432 g/mol. The number of aliphatic hydroxyl groups excluding tert-OH is 4. The highest BCUT2D eigenvalue weighted by Gasteiger charge is 2.46. The van der Waals surface area contributed by atoms with Crippen LogP contribution in [0.25, 0.3) is 22.3 Å². The van der Waals surface area contributed by atoms with Gasteiger partial charge in [0.15, 0.2) is 5.43 Å². The molecule has 10 heteroatoms. The van der Waals surface area contributed by atoms with E-state index < -0.39 is 59.6 Å². The Hall–Kier alpha value is -3.15. The minimum atomic E-state index is -1.77. The molecule has 0 spiro atoms. The molecule has 1 aromatic heterocycles. The van der Waals surface area contributed by atoms with Crippen molar-refractivity contribution in [2.75, 3.05) is 6.61 Å². The molecule has 5 atom stereocenters. The van der Waals surface area contributed by atoms with E-state index in [0.717, 1.165) is 12.1 Å². The molecule has 1 unspecified atom stereocenters. The SMILES string of the molecule is O=c1cc(-c2ccc(O)cc2)oc2cc(O)c(C3O[C@@H](CO)[C@@H](O)[C@@H](O)[C@H]3O)c(O)c12. The second-order valence-corrected chi connectivity index (χ2v) is 7.30. The average Bonchev–Trinajstić information content (AvgIpc) is 2.73. The molecule has 164 valence electrons. The molecular weight excluding hydrogens is 412 g/mol. The Labute approximate surface area is 174 Å². The zero-order chi connectivity index (χ0) is 22.4. The molecule has 31 heavy (non-hydrogen) atoms. The molecule has 1 aliphatic rings. The Balaban J connectivity index is 1.85. The molecule has 2 aromatic carbocycles. The van der Waals surface area contributed by atoms with Crippen molar-refractivity contribution in [3.8, 4) is 28.6 Å². The van der Waals surface area contributed by atoms with Gasteiger partial charge in [-0.3, -0.25) is 4.79 Å². The summed E-state index contributed by atoms with van der Waals surface area (Å²) >= 11 is 0. The first-order valence-corrected chi connectivity index (χ1v) is 9.35. The zero-order valence-electron chi connectivity index (χ0n) is 15.9. The first kappa shape index (κ1) is 21.1. The van der Waals surface area contributed by atoms with Gasteiger partial charge in [0.1, 0.15) is 64.5 Å². The Morgan fingerprint density at radius 1 is 0.903 bits per heavy atom. The van der Waals surface area contributed by atoms with Gasteiger partial charge in [-0.05, 0) is 24.3 Å². The zero-order valence-corrected chi connectivity index (χ0v) is 15.9. The van der Waals surface area contributed by atoms with Crippen LogP contribution in [-0.2, 0) is 4.74 Å². The van der Waals surface area contributed by atoms with Gasteiger partial charge in [-0.25, -0.2) is 0 Å². The van der Waals surface area contributed by atoms with Crippen LogP contribution in [0.4, 0.5) is 0 Å². The van der Waals surface area contributed by atoms with Crippen LogP contribution in [0, 0.1) is 0 Å². The smallest absolute Gasteiger partial charge is 0.197 e. The van der Waals surface area contributed by atoms with Crippen LogP contribution < -0.4 is 5.43 Å². The molecule has 7 N–H and O–H groups in total. The number of aromatic hydroxyl groups is 3. The molecule has 10 nitrogen and oxygen atoms in total. The predicted octanol–water partition coefficient (Wildman–Crippen LogP) is 0.0917. The molecule has 4 rings (SSSR count). The molecule has 1 fully saturated rings. The number of fused-ring (bicyclic) bond motifs is 1. The Kier molecular flexibility index (Phi) is 5.33. The van der Waals surface area contributed by atoms with E-state index in [1.165, 1.54) is 24.3 Å². The lowest BCUT2D eigenvalue weighted by atomic mass is 9.89. The molecule has 3 aromatic rings. The summed E-state index contributed by atoms with van der Waals surface area (Å²) in [5, 5.41) is 70.0. The van der Waals surface area contributed by atoms with Crippen molar-refractivity contribution in [1.29, 1.82) is 0 Å². The van der Waals surface area contributed by atoms with Crippen molar-refractivity contribution in [2.45, 2.75) is 30.5 Å². The third-order valence-electron chi connectivity index (χ3n) is 5.34. The minimum absolute atomic E-state index is 0.0198. The summed E-state index contributed by atoms with van der Waals surface area (Å²) in [5.74, 6) is -1.19. The Morgan fingerprint density at radius 2 is 1.58 bits per heavy atom. The van der Waals surface area contributed by atoms with Crippen LogP contribution in [0.1, 0.15) is 11.7 Å². The van der Waals surface area contributed by atoms with Gasteiger partial charge in [-0.2, -0.15) is 0 Å². The molecule has 1 aliphatic heterocycles. The van der Waals surface area contributed by atoms with E-state index in [1.807, 2.05) is 0 Å². The molecule has 1 saturated heterocycles. The van der Waals surface area contributed by atoms with Crippen molar-refractivity contribution >= 4 is 11.0 Å². The van der Waals surface area contributed by atoms with Crippen LogP contribution >= 0.6 is 0 Å². The van der Waals surface area contributed by atoms with Crippen molar-refractivity contribution in [3.05, 3.63) is 52.2 Å². The number of rotatable bonds is 3. The van der Waals surface area contributed by atoms with Gasteiger partial charge in [-0.1, -0.05) is 0 Å². The topological polar surface area (TPSA) is 181 Å². The highest BCUT2D eigenvalue weighted by Crippen LogP contribution is 2.44. The first-order valence-electron chi connectivity index (χ1n) is 9.35. The summed E-state index contributed by atoms with van der Waals surface area (Å²) in [5.41, 5.74) is -0.741. The fourth-order valence-corrected chi connectivity index (χ4v) is 3.69. The van der Waals surface area contributed by atoms with Crippen molar-refractivity contribution in [3.63, 3.8) is 0 Å². The molecule has 0 bridgehead atoms. The van der Waals surface area contributed by atoms with Gasteiger partial charge in [0.05, 0.1) is 12.2 Å². The van der Waals surface area contributed by atoms with Crippen LogP contribution in [0.5, 0.6) is 17.2 Å². The fraction of sp³-hybridized carbons (Fsp3) is 0.286. The number of benzene rings is 2. The van der Waals surface area contributed by atoms with Crippen LogP contribution in [0.2, 0.25) is 0 Å². The number of hydrogen-bond acceptors (Lipinski definition) is 10. The lowest BCUT2D eigenvalue weighted by Gasteiger charge is -2.40. The standard InChI is InChI=1S/C21H20O10/c22-7-14-17(26)19(28)20(29)21(31-14)16-11(25)6-13-15(18(16)27)10(24)5-12(30-13)8-1-3-9(23)4-2-8/h1-6,14,17,19-23,25-29H,7H2/t14-,17+,19+,20+,21?/m0/s1. The average molecular weight is 432 g/mol. The third-order valence-corrected chi connectivity index (χ3v) is 5.34. The summed E-state index contributed by atoms with van der Waals surface area (Å²) in [6.45, 7) is -0.700. The Morgan fingerprint density at radius 3 is 2.23 bits per heavy atom. The number of phenolic OH excluding ortho intramolecular Hbond substituents is 3. The van der Waals surface area contributed by atoms with E-state index in [0.29, 0.717) is 5.56 Å². The molecule has 0 radical (unpaired) electrons. The third kappa shape index (κ3) is 3.50. The Bertz CT molecular complexity index is 1170. The second kappa shape index (κ2) is 7.84. The first-order chi connectivity index (χ1) is 14.7. The van der Waals surface area contributed by atoms with Gasteiger partial charge < -0.3 is 44.9 Å². The largest absolute Gasteiger partial charge is 0.508 e. The van der Waals surface area contributed by atoms with Gasteiger partial charge >= 0.3 is 0 Å². The number of aliphatic hydroxyl groups is 4. The van der Waals surface area contributed by atoms with E-state index in [2.05, 4.69) is 0 Å². The molecule has 0 amide bonds. The number of hydrogen-bond donors (Lipinski definition) is 7. The van der Waals surface area contributed by atoms with E-state index >= 15 is 0 Å². The van der Waals surface area contributed by atoms with E-state index in [9.17, 15) is 40.5 Å². The summed E-state index contributed by atoms with van der Waals surface area (Å²) in [4.78, 5) is 12.7. The summed E-state index contributed by atoms with van der Waals surface area (Å²) < 4.78 is 11.0. The van der Waals surface area contributed by atoms with Crippen molar-refractivity contribution in [1.82, 2.24) is 0 Å². The number of phenols is 3. The van der Waals surface area contributed by atoms with Gasteiger partial charge in [0.2, 0.25) is 0 Å². The summed E-state index contributed by atoms with van der Waals surface area (Å²) in [7, 11) is 0. The lowest BCUT2D eigenvalue weighted by molar-refractivity contribution is -0.232. The number of ether oxygens (including phenoxy) is 1. The highest BCUT2D eigenvalue weighted by atomic mass is 16.5. The van der Waals surface area contributed by atoms with Crippen molar-refractivity contribution in [2.24, 2.45) is 0 Å². The summed E-state index contributed by atoms with van der Waals surface area (Å²) in [6, 6.07) is 8.00. The highest BCUT2D eigenvalue weighted by molar-refractivity contribution is 5.88.